The van der Waals surface area contributed by atoms with Gasteiger partial charge in [0.1, 0.15) is 5.83 Å². The second-order valence-electron chi connectivity index (χ2n) is 34.6. The summed E-state index contributed by atoms with van der Waals surface area (Å²) in [6.45, 7) is 70.5. The number of nitrogens with zero attached hydrogens (tertiary/aromatic N) is 3. The molecule has 0 aliphatic carbocycles. The Kier molecular flexibility index (Phi) is 32.1. The molecule has 0 spiro atoms. The van der Waals surface area contributed by atoms with Gasteiger partial charge >= 0.3 is 0 Å². The maximum absolute atomic E-state index is 13.7. The minimum Gasteiger partial charge on any atom is -0.392 e. The molecule has 3 aliphatic rings. The van der Waals surface area contributed by atoms with E-state index in [4.69, 9.17) is 0 Å². The van der Waals surface area contributed by atoms with Crippen LogP contribution in [0.1, 0.15) is 270 Å². The Labute approximate surface area is 662 Å². The van der Waals surface area contributed by atoms with Gasteiger partial charge in [0.2, 0.25) is 0 Å². The molecule has 0 amide bonds. The summed E-state index contributed by atoms with van der Waals surface area (Å²) in [6.07, 6.45) is 10.1. The predicted molar refractivity (Wildman–Crippen MR) is 472 cm³/mol. The zero-order valence-electron chi connectivity index (χ0n) is 68.5. The van der Waals surface area contributed by atoms with E-state index in [-0.39, 0.29) is 78.0 Å². The van der Waals surface area contributed by atoms with E-state index >= 15 is 0 Å². The third kappa shape index (κ3) is 24.2. The first kappa shape index (κ1) is 91.3. The fourth-order valence-corrected chi connectivity index (χ4v) is 14.9. The second-order valence-corrected chi connectivity index (χ2v) is 37.6. The summed E-state index contributed by atoms with van der Waals surface area (Å²) in [4.78, 5) is 8.57. The fourth-order valence-electron chi connectivity index (χ4n) is 12.7. The van der Waals surface area contributed by atoms with Crippen molar-refractivity contribution in [2.75, 3.05) is 0 Å². The number of rotatable bonds is 4. The zero-order valence-corrected chi connectivity index (χ0v) is 72.3. The molecule has 8 aromatic rings. The third-order valence-electron chi connectivity index (χ3n) is 18.4. The van der Waals surface area contributed by atoms with E-state index in [2.05, 4.69) is 332 Å². The number of aryl methyl sites for hydroxylation is 5. The minimum atomic E-state index is -0.173. The molecule has 0 radical (unpaired) electrons. The van der Waals surface area contributed by atoms with Crippen LogP contribution in [0.4, 0.5) is 4.39 Å². The molecule has 0 saturated heterocycles. The van der Waals surface area contributed by atoms with E-state index in [9.17, 15) is 24.8 Å². The number of benzene rings is 6. The van der Waals surface area contributed by atoms with E-state index in [1.807, 2.05) is 56.2 Å². The van der Waals surface area contributed by atoms with Crippen LogP contribution in [0.25, 0.3) is 45.8 Å². The molecular formula is C95H127FIN3O4S2. The average Bonchev–Trinajstić information content (AvgIpc) is 1.72. The number of hydrogen-bond acceptors (Lipinski definition) is 9. The lowest BCUT2D eigenvalue weighted by atomic mass is 9.82. The number of halogens is 2. The summed E-state index contributed by atoms with van der Waals surface area (Å²) in [5, 5.41) is 43.9. The first-order chi connectivity index (χ1) is 48.4. The third-order valence-corrected chi connectivity index (χ3v) is 21.6. The molecular weight excluding hydrogens is 1460 g/mol. The van der Waals surface area contributed by atoms with Crippen molar-refractivity contribution in [1.82, 2.24) is 14.7 Å². The van der Waals surface area contributed by atoms with Gasteiger partial charge in [0.05, 0.1) is 47.6 Å². The number of hydrogen-bond donors (Lipinski definition) is 4. The topological polar surface area (TPSA) is 90.6 Å². The van der Waals surface area contributed by atoms with Gasteiger partial charge in [-0.2, -0.15) is 0 Å². The summed E-state index contributed by atoms with van der Waals surface area (Å²) < 4.78 is 15.0. The molecule has 0 unspecified atom stereocenters. The maximum atomic E-state index is 13.7. The largest absolute Gasteiger partial charge is 0.392 e. The lowest BCUT2D eigenvalue weighted by Crippen LogP contribution is -2.36. The summed E-state index contributed by atoms with van der Waals surface area (Å²) in [5.41, 5.74) is 24.3. The Hall–Kier alpha value is -7.12. The van der Waals surface area contributed by atoms with Gasteiger partial charge in [-0.25, -0.2) is 4.39 Å². The van der Waals surface area contributed by atoms with E-state index < -0.39 is 0 Å². The molecule has 3 aliphatic heterocycles. The van der Waals surface area contributed by atoms with Gasteiger partial charge in [0, 0.05) is 61.2 Å². The zero-order chi connectivity index (χ0) is 79.4. The van der Waals surface area contributed by atoms with Gasteiger partial charge in [0.25, 0.3) is 0 Å². The highest BCUT2D eigenvalue weighted by Crippen LogP contribution is 2.42. The molecule has 0 fully saturated rings. The Morgan fingerprint density at radius 1 is 0.434 bits per heavy atom. The number of aliphatic hydroxyl groups is 4. The van der Waals surface area contributed by atoms with Crippen molar-refractivity contribution in [3.8, 4) is 11.8 Å². The minimum absolute atomic E-state index is 0. The highest BCUT2D eigenvalue weighted by molar-refractivity contribution is 14.1. The first-order valence-electron chi connectivity index (χ1n) is 36.3. The number of aliphatic hydroxyl groups excluding tert-OH is 4. The first-order valence-corrected chi connectivity index (χ1v) is 39.2. The molecule has 2 aromatic heterocycles. The lowest BCUT2D eigenvalue weighted by Gasteiger charge is -2.38. The van der Waals surface area contributed by atoms with Gasteiger partial charge in [0.15, 0.2) is 0 Å². The molecule has 0 atom stereocenters. The van der Waals surface area contributed by atoms with E-state index in [1.54, 1.807) is 17.4 Å². The monoisotopic (exact) mass is 1580 g/mol. The van der Waals surface area contributed by atoms with Gasteiger partial charge < -0.3 is 35.1 Å². The van der Waals surface area contributed by atoms with Crippen molar-refractivity contribution in [2.24, 2.45) is 0 Å². The van der Waals surface area contributed by atoms with E-state index in [0.29, 0.717) is 5.56 Å². The van der Waals surface area contributed by atoms with Gasteiger partial charge in [-0.05, 0) is 290 Å². The molecule has 0 saturated carbocycles. The molecule has 572 valence electrons. The molecule has 11 rings (SSSR count). The van der Waals surface area contributed by atoms with Crippen LogP contribution in [0.5, 0.6) is 0 Å². The molecule has 4 N–H and O–H groups in total. The number of fused-ring (bicyclic) bond motifs is 4. The number of thiophene rings is 2. The van der Waals surface area contributed by atoms with Crippen molar-refractivity contribution < 1.29 is 24.8 Å². The molecule has 11 heteroatoms. The van der Waals surface area contributed by atoms with Crippen LogP contribution in [0, 0.1) is 50.0 Å². The smallest absolute Gasteiger partial charge is 0.148 e. The van der Waals surface area contributed by atoms with Crippen molar-refractivity contribution in [3.63, 3.8) is 0 Å². The van der Waals surface area contributed by atoms with Gasteiger partial charge in [-0.15, -0.1) is 28.6 Å². The SMILES string of the molecule is C.C=C1c2ccc(C)cc2C=CN1C(C)(C)C.C=C1c2sccc2C(F)=CN1C(C)(C)C.C=C1c2sccc2C=CN1C(C)(C)C.CC#Cc1cc(CO)c(C(C)(C)C)cc1C.CC(C)(C)c1cc2ccccc2cc1CO.Cc1cc(C(C)(C)C)c(CO)cc1I.Cc1cc(CO)c(C(C)(C)C)cc1C. The Morgan fingerprint density at radius 3 is 1.33 bits per heavy atom. The van der Waals surface area contributed by atoms with Crippen LogP contribution >= 0.6 is 45.3 Å². The standard InChI is InChI=1S/C15H19N.C15H18O.C15H20O.C13H20O.C12H14FNS.C12H17IO.C12H15NS.CH4/c1-11-6-7-14-12(2)16(15(3,4)5)9-8-13(14)10-11;1-15(2,3)14-9-12-7-5-4-6-11(12)8-13(14)10-16;1-6-7-12-9-13(10-16)14(8-11(12)2)15(3,4)5;1-9-6-11(8-14)12(7-10(9)2)13(3,4)5;1-8-11-9(5-6-15-11)10(13)7-14(8)12(2,3)4;1-8-5-10(12(2,3)4)9(7-14)6-11(8)13;1-9-11-10(6-8-14-11)5-7-13(9)12(2,3)4;/h6-10H,2H2,1,3-5H3;4-9,16H,10H2,1-3H3;8-9,16H,10H2,1-5H3;6-7,14H,8H2,1-5H3;5-7H,1H2,2-4H3;5-6,14H,7H2,1-4H3;5-8H,1H2,2-4H3;1H4. The lowest BCUT2D eigenvalue weighted by molar-refractivity contribution is 0.278. The molecule has 0 bridgehead atoms. The van der Waals surface area contributed by atoms with Crippen LogP contribution in [0.15, 0.2) is 152 Å². The highest BCUT2D eigenvalue weighted by atomic mass is 127. The van der Waals surface area contributed by atoms with Crippen LogP contribution in [0.2, 0.25) is 0 Å². The molecule has 6 aromatic carbocycles. The Balaban J connectivity index is 0.000000261. The Morgan fingerprint density at radius 2 is 0.840 bits per heavy atom. The average molecular weight is 1590 g/mol. The quantitative estimate of drug-likeness (QED) is 0.103. The highest BCUT2D eigenvalue weighted by Gasteiger charge is 2.31. The fraction of sp³-hybridized carbons (Fsp3) is 0.411. The van der Waals surface area contributed by atoms with Crippen LogP contribution in [-0.4, -0.2) is 51.7 Å². The van der Waals surface area contributed by atoms with Gasteiger partial charge in [-0.1, -0.05) is 195 Å². The molecule has 5 heterocycles. The predicted octanol–water partition coefficient (Wildman–Crippen LogP) is 25.9. The summed E-state index contributed by atoms with van der Waals surface area (Å²) in [5.74, 6) is 5.80. The van der Waals surface area contributed by atoms with Crippen molar-refractivity contribution in [3.05, 3.63) is 266 Å². The van der Waals surface area contributed by atoms with Gasteiger partial charge in [-0.3, -0.25) is 0 Å². The van der Waals surface area contributed by atoms with Crippen LogP contribution in [-0.2, 0) is 48.1 Å². The Bertz CT molecular complexity index is 4460. The van der Waals surface area contributed by atoms with E-state index in [0.717, 1.165) is 49.8 Å². The molecule has 7 nitrogen and oxygen atoms in total. The van der Waals surface area contributed by atoms with E-state index in [1.165, 1.54) is 104 Å². The maximum Gasteiger partial charge on any atom is 0.148 e. The van der Waals surface area contributed by atoms with Crippen LogP contribution < -0.4 is 0 Å². The van der Waals surface area contributed by atoms with Crippen molar-refractivity contribution in [1.29, 1.82) is 0 Å². The molecule has 106 heavy (non-hydrogen) atoms. The van der Waals surface area contributed by atoms with Crippen LogP contribution in [0.3, 0.4) is 0 Å². The summed E-state index contributed by atoms with van der Waals surface area (Å²) >= 11 is 5.60. The van der Waals surface area contributed by atoms with Crippen molar-refractivity contribution in [2.45, 2.75) is 259 Å². The second kappa shape index (κ2) is 37.3. The normalized spacial score (nSPS) is 13.3. The van der Waals surface area contributed by atoms with Crippen molar-refractivity contribution >= 4 is 91.1 Å². The summed E-state index contributed by atoms with van der Waals surface area (Å²) in [7, 11) is 0. The summed E-state index contributed by atoms with van der Waals surface area (Å²) in [6, 6.07) is 35.7.